The number of hydrogen-bond donors (Lipinski definition) is 2. The van der Waals surface area contributed by atoms with Gasteiger partial charge in [-0.1, -0.05) is 39.3 Å². The van der Waals surface area contributed by atoms with Crippen molar-refractivity contribution in [2.75, 3.05) is 0 Å². The van der Waals surface area contributed by atoms with Crippen molar-refractivity contribution in [1.82, 2.24) is 0 Å². The highest BCUT2D eigenvalue weighted by Gasteiger charge is 2.45. The van der Waals surface area contributed by atoms with Gasteiger partial charge in [0.05, 0.1) is 28.4 Å². The molecule has 1 rings (SSSR count). The Morgan fingerprint density at radius 2 is 1.00 bits per heavy atom. The van der Waals surface area contributed by atoms with Crippen molar-refractivity contribution in [3.05, 3.63) is 21.5 Å². The van der Waals surface area contributed by atoms with E-state index in [1.54, 1.807) is 13.8 Å². The number of carbonyl (C=O) groups is 1. The van der Waals surface area contributed by atoms with Crippen LogP contribution in [-0.4, -0.2) is 44.4 Å². The van der Waals surface area contributed by atoms with E-state index in [9.17, 15) is 15.0 Å². The van der Waals surface area contributed by atoms with Crippen molar-refractivity contribution < 1.29 is 15.0 Å². The molecule has 0 spiro atoms. The van der Waals surface area contributed by atoms with Gasteiger partial charge in [-0.25, -0.2) is 0 Å². The van der Waals surface area contributed by atoms with Crippen molar-refractivity contribution in [3.63, 3.8) is 0 Å². The highest BCUT2D eigenvalue weighted by atomic mass is 28.3. The Bertz CT molecular complexity index is 442. The summed E-state index contributed by atoms with van der Waals surface area (Å²) in [6.07, 6.45) is -1.42. The van der Waals surface area contributed by atoms with Crippen LogP contribution in [0.1, 0.15) is 13.8 Å². The van der Waals surface area contributed by atoms with Crippen molar-refractivity contribution in [3.8, 4) is 0 Å². The molecule has 0 amide bonds. The molecule has 0 aromatic carbocycles. The molecule has 0 fully saturated rings. The van der Waals surface area contributed by atoms with E-state index < -0.39 is 28.4 Å². The Hall–Kier alpha value is -0.496. The topological polar surface area (TPSA) is 57.5 Å². The van der Waals surface area contributed by atoms with Crippen LogP contribution in [-0.2, 0) is 4.79 Å². The molecule has 2 atom stereocenters. The summed E-state index contributed by atoms with van der Waals surface area (Å²) in [5, 5.41) is 22.0. The molecule has 0 unspecified atom stereocenters. The zero-order chi connectivity index (χ0) is 16.0. The summed E-state index contributed by atoms with van der Waals surface area (Å²) < 4.78 is 0. The summed E-state index contributed by atoms with van der Waals surface area (Å²) in [6.45, 7) is 16.1. The van der Waals surface area contributed by atoms with Gasteiger partial charge in [-0.05, 0) is 35.4 Å². The van der Waals surface area contributed by atoms with Gasteiger partial charge < -0.3 is 10.2 Å². The van der Waals surface area contributed by atoms with Crippen LogP contribution in [0, 0.1) is 0 Å². The van der Waals surface area contributed by atoms with Crippen LogP contribution >= 0.6 is 0 Å². The summed E-state index contributed by atoms with van der Waals surface area (Å²) in [4.78, 5) is 13.0. The standard InChI is InChI=1S/C15H28O3Si2/c1-9(16)11-12(10(2)17)15(20(6,7)8)13(18)14(11)19(3,4)5/h9-10,16-17H,1-8H3/t9-,10+. The largest absolute Gasteiger partial charge is 0.389 e. The van der Waals surface area contributed by atoms with E-state index in [0.717, 1.165) is 10.4 Å². The highest BCUT2D eigenvalue weighted by Crippen LogP contribution is 2.41. The van der Waals surface area contributed by atoms with Gasteiger partial charge >= 0.3 is 0 Å². The van der Waals surface area contributed by atoms with Gasteiger partial charge in [0.2, 0.25) is 0 Å². The Kier molecular flexibility index (Phi) is 4.71. The number of carbonyl (C=O) groups excluding carboxylic acids is 1. The van der Waals surface area contributed by atoms with Gasteiger partial charge in [-0.3, -0.25) is 4.79 Å². The Morgan fingerprint density at radius 1 is 0.750 bits per heavy atom. The number of ketones is 1. The third-order valence-corrected chi connectivity index (χ3v) is 7.61. The van der Waals surface area contributed by atoms with Crippen LogP contribution < -0.4 is 0 Å². The average Bonchev–Trinajstić information content (AvgIpc) is 2.49. The lowest BCUT2D eigenvalue weighted by atomic mass is 10.0. The maximum absolute atomic E-state index is 13.0. The second kappa shape index (κ2) is 5.37. The minimum Gasteiger partial charge on any atom is -0.389 e. The quantitative estimate of drug-likeness (QED) is 0.785. The summed E-state index contributed by atoms with van der Waals surface area (Å²) in [7, 11) is -3.76. The van der Waals surface area contributed by atoms with E-state index in [0.29, 0.717) is 11.1 Å². The van der Waals surface area contributed by atoms with Crippen molar-refractivity contribution in [2.24, 2.45) is 0 Å². The molecule has 0 saturated heterocycles. The smallest absolute Gasteiger partial charge is 0.177 e. The van der Waals surface area contributed by atoms with Crippen LogP contribution in [0.15, 0.2) is 21.5 Å². The second-order valence-electron chi connectivity index (χ2n) is 7.76. The molecule has 1 aliphatic carbocycles. The molecular weight excluding hydrogens is 284 g/mol. The normalized spacial score (nSPS) is 20.8. The molecule has 20 heavy (non-hydrogen) atoms. The van der Waals surface area contributed by atoms with Gasteiger partial charge in [0.1, 0.15) is 0 Å². The highest BCUT2D eigenvalue weighted by molar-refractivity contribution is 6.94. The summed E-state index contributed by atoms with van der Waals surface area (Å²) >= 11 is 0. The molecule has 114 valence electrons. The molecule has 0 aromatic heterocycles. The zero-order valence-corrected chi connectivity index (χ0v) is 16.0. The van der Waals surface area contributed by atoms with E-state index in [1.165, 1.54) is 0 Å². The van der Waals surface area contributed by atoms with Gasteiger partial charge in [0.25, 0.3) is 0 Å². The lowest BCUT2D eigenvalue weighted by molar-refractivity contribution is -0.111. The number of aliphatic hydroxyl groups excluding tert-OH is 2. The van der Waals surface area contributed by atoms with Gasteiger partial charge in [-0.15, -0.1) is 0 Å². The SMILES string of the molecule is C[C@H](O)C1=C([Si](C)(C)C)C(=O)C([Si](C)(C)C)=C1[C@@H](C)O. The molecular formula is C15H28O3Si2. The number of allylic oxidation sites excluding steroid dienone is 2. The van der Waals surface area contributed by atoms with E-state index >= 15 is 0 Å². The molecule has 0 bridgehead atoms. The predicted molar refractivity (Wildman–Crippen MR) is 89.1 cm³/mol. The Labute approximate surface area is 124 Å². The maximum Gasteiger partial charge on any atom is 0.177 e. The van der Waals surface area contributed by atoms with Gasteiger partial charge in [-0.2, -0.15) is 0 Å². The Balaban J connectivity index is 3.71. The monoisotopic (exact) mass is 312 g/mol. The van der Waals surface area contributed by atoms with Crippen molar-refractivity contribution in [2.45, 2.75) is 65.3 Å². The zero-order valence-electron chi connectivity index (χ0n) is 14.0. The van der Waals surface area contributed by atoms with Crippen LogP contribution in [0.4, 0.5) is 0 Å². The first kappa shape index (κ1) is 17.6. The first-order chi connectivity index (χ1) is 8.80. The first-order valence-electron chi connectivity index (χ1n) is 7.20. The Morgan fingerprint density at radius 3 is 1.15 bits per heavy atom. The number of rotatable bonds is 4. The van der Waals surface area contributed by atoms with E-state index in [4.69, 9.17) is 0 Å². The fourth-order valence-electron chi connectivity index (χ4n) is 3.00. The van der Waals surface area contributed by atoms with Crippen molar-refractivity contribution in [1.29, 1.82) is 0 Å². The lowest BCUT2D eigenvalue weighted by Gasteiger charge is -2.23. The number of aliphatic hydroxyl groups is 2. The third-order valence-electron chi connectivity index (χ3n) is 3.62. The van der Waals surface area contributed by atoms with E-state index in [-0.39, 0.29) is 5.78 Å². The minimum atomic E-state index is -1.88. The molecule has 0 aromatic rings. The molecule has 2 N–H and O–H groups in total. The summed E-state index contributed by atoms with van der Waals surface area (Å²) in [5.41, 5.74) is 1.42. The third kappa shape index (κ3) is 3.06. The fraction of sp³-hybridized carbons (Fsp3) is 0.667. The summed E-state index contributed by atoms with van der Waals surface area (Å²) in [5.74, 6) is 0.0927. The number of Topliss-reactive ketones (excluding diaryl/α,β-unsaturated/α-hetero) is 1. The lowest BCUT2D eigenvalue weighted by Crippen LogP contribution is -2.35. The van der Waals surface area contributed by atoms with Crippen LogP contribution in [0.3, 0.4) is 0 Å². The molecule has 0 saturated carbocycles. The van der Waals surface area contributed by atoms with E-state index in [2.05, 4.69) is 39.3 Å². The molecule has 0 aliphatic heterocycles. The predicted octanol–water partition coefficient (Wildman–Crippen LogP) is 2.68. The second-order valence-corrected chi connectivity index (χ2v) is 17.8. The van der Waals surface area contributed by atoms with Gasteiger partial charge in [0, 0.05) is 0 Å². The average molecular weight is 313 g/mol. The van der Waals surface area contributed by atoms with Crippen LogP contribution in [0.25, 0.3) is 0 Å². The van der Waals surface area contributed by atoms with E-state index in [1.807, 2.05) is 0 Å². The molecule has 1 aliphatic rings. The summed E-state index contributed by atoms with van der Waals surface area (Å²) in [6, 6.07) is 0. The first-order valence-corrected chi connectivity index (χ1v) is 14.2. The maximum atomic E-state index is 13.0. The molecule has 5 heteroatoms. The van der Waals surface area contributed by atoms with Crippen LogP contribution in [0.2, 0.25) is 39.3 Å². The minimum absolute atomic E-state index is 0.0927. The number of hydrogen-bond acceptors (Lipinski definition) is 3. The fourth-order valence-corrected chi connectivity index (χ4v) is 7.04. The molecule has 3 nitrogen and oxygen atoms in total. The van der Waals surface area contributed by atoms with Crippen molar-refractivity contribution >= 4 is 21.9 Å². The molecule has 0 heterocycles. The van der Waals surface area contributed by atoms with Gasteiger partial charge in [0.15, 0.2) is 5.78 Å². The molecule has 0 radical (unpaired) electrons. The van der Waals surface area contributed by atoms with Crippen LogP contribution in [0.5, 0.6) is 0 Å².